The standard InChI is InChI=1S/C19H27N3O3/c1-21-17(23)8-7-16(18(21)15-5-3-2-4-6-15)19(24)20-9-10-22-11-13-25-14-12-22/h2-6,16,18H,7-14H2,1H3,(H,20,24)/t16-,18-/m1/s1. The number of ether oxygens (including phenoxy) is 1. The Morgan fingerprint density at radius 1 is 1.24 bits per heavy atom. The third kappa shape index (κ3) is 4.38. The number of hydrogen-bond donors (Lipinski definition) is 1. The molecule has 2 atom stereocenters. The molecule has 2 aliphatic rings. The SMILES string of the molecule is CN1C(=O)CC[C@@H](C(=O)NCCN2CCOCC2)[C@H]1c1ccccc1. The topological polar surface area (TPSA) is 61.9 Å². The number of morpholine rings is 1. The quantitative estimate of drug-likeness (QED) is 0.866. The highest BCUT2D eigenvalue weighted by atomic mass is 16.5. The van der Waals surface area contributed by atoms with Crippen molar-refractivity contribution in [3.05, 3.63) is 35.9 Å². The highest BCUT2D eigenvalue weighted by molar-refractivity contribution is 5.84. The normalized spacial score (nSPS) is 25.0. The molecule has 0 saturated carbocycles. The molecule has 0 aromatic heterocycles. The van der Waals surface area contributed by atoms with Gasteiger partial charge in [0, 0.05) is 39.6 Å². The van der Waals surface area contributed by atoms with Crippen LogP contribution in [0.1, 0.15) is 24.4 Å². The maximum atomic E-state index is 12.8. The fourth-order valence-corrected chi connectivity index (χ4v) is 3.71. The molecular formula is C19H27N3O3. The Morgan fingerprint density at radius 3 is 2.68 bits per heavy atom. The second-order valence-corrected chi connectivity index (χ2v) is 6.75. The third-order valence-electron chi connectivity index (χ3n) is 5.17. The van der Waals surface area contributed by atoms with Crippen molar-refractivity contribution in [2.45, 2.75) is 18.9 Å². The molecule has 0 unspecified atom stereocenters. The van der Waals surface area contributed by atoms with E-state index in [2.05, 4.69) is 10.2 Å². The molecule has 1 N–H and O–H groups in total. The van der Waals surface area contributed by atoms with Crippen LogP contribution in [-0.2, 0) is 14.3 Å². The van der Waals surface area contributed by atoms with E-state index >= 15 is 0 Å². The first-order valence-electron chi connectivity index (χ1n) is 9.05. The Balaban J connectivity index is 1.61. The summed E-state index contributed by atoms with van der Waals surface area (Å²) in [5.41, 5.74) is 1.02. The molecule has 1 aromatic rings. The fourth-order valence-electron chi connectivity index (χ4n) is 3.71. The van der Waals surface area contributed by atoms with E-state index in [0.717, 1.165) is 38.4 Å². The Morgan fingerprint density at radius 2 is 1.96 bits per heavy atom. The predicted octanol–water partition coefficient (Wildman–Crippen LogP) is 1.04. The summed E-state index contributed by atoms with van der Waals surface area (Å²) in [6.07, 6.45) is 1.04. The molecule has 3 rings (SSSR count). The summed E-state index contributed by atoms with van der Waals surface area (Å²) in [5, 5.41) is 3.08. The first-order valence-corrected chi connectivity index (χ1v) is 9.05. The van der Waals surface area contributed by atoms with E-state index in [9.17, 15) is 9.59 Å². The number of benzene rings is 1. The van der Waals surface area contributed by atoms with Crippen LogP contribution in [0.2, 0.25) is 0 Å². The summed E-state index contributed by atoms with van der Waals surface area (Å²) in [6.45, 7) is 4.84. The number of carbonyl (C=O) groups is 2. The van der Waals surface area contributed by atoms with Crippen molar-refractivity contribution in [3.8, 4) is 0 Å². The van der Waals surface area contributed by atoms with Crippen molar-refractivity contribution in [1.82, 2.24) is 15.1 Å². The number of piperidine rings is 1. The van der Waals surface area contributed by atoms with Crippen LogP contribution in [0, 0.1) is 5.92 Å². The van der Waals surface area contributed by atoms with Gasteiger partial charge in [0.1, 0.15) is 0 Å². The van der Waals surface area contributed by atoms with Crippen molar-refractivity contribution in [1.29, 1.82) is 0 Å². The summed E-state index contributed by atoms with van der Waals surface area (Å²) in [5.74, 6) is -0.0533. The van der Waals surface area contributed by atoms with Gasteiger partial charge in [0.15, 0.2) is 0 Å². The zero-order valence-corrected chi connectivity index (χ0v) is 14.8. The first-order chi connectivity index (χ1) is 12.2. The Hall–Kier alpha value is -1.92. The van der Waals surface area contributed by atoms with Crippen LogP contribution in [0.5, 0.6) is 0 Å². The van der Waals surface area contributed by atoms with Gasteiger partial charge in [-0.3, -0.25) is 14.5 Å². The van der Waals surface area contributed by atoms with Crippen molar-refractivity contribution >= 4 is 11.8 Å². The van der Waals surface area contributed by atoms with E-state index in [1.165, 1.54) is 0 Å². The van der Waals surface area contributed by atoms with Gasteiger partial charge >= 0.3 is 0 Å². The van der Waals surface area contributed by atoms with E-state index in [-0.39, 0.29) is 23.8 Å². The number of amides is 2. The molecule has 2 amide bonds. The number of nitrogens with one attached hydrogen (secondary N) is 1. The molecule has 136 valence electrons. The molecule has 2 saturated heterocycles. The predicted molar refractivity (Wildman–Crippen MR) is 94.9 cm³/mol. The highest BCUT2D eigenvalue weighted by Crippen LogP contribution is 2.35. The molecule has 2 heterocycles. The third-order valence-corrected chi connectivity index (χ3v) is 5.17. The molecule has 0 bridgehead atoms. The van der Waals surface area contributed by atoms with Gasteiger partial charge in [0.25, 0.3) is 0 Å². The molecular weight excluding hydrogens is 318 g/mol. The Kier molecular flexibility index (Phi) is 6.04. The zero-order chi connectivity index (χ0) is 17.6. The summed E-state index contributed by atoms with van der Waals surface area (Å²) in [4.78, 5) is 29.0. The minimum absolute atomic E-state index is 0.0430. The molecule has 2 fully saturated rings. The van der Waals surface area contributed by atoms with Crippen molar-refractivity contribution in [3.63, 3.8) is 0 Å². The molecule has 6 nitrogen and oxygen atoms in total. The zero-order valence-electron chi connectivity index (χ0n) is 14.8. The van der Waals surface area contributed by atoms with E-state index in [0.29, 0.717) is 19.4 Å². The van der Waals surface area contributed by atoms with Gasteiger partial charge in [0.05, 0.1) is 25.2 Å². The molecule has 0 aliphatic carbocycles. The summed E-state index contributed by atoms with van der Waals surface area (Å²) < 4.78 is 5.34. The second kappa shape index (κ2) is 8.45. The van der Waals surface area contributed by atoms with Crippen molar-refractivity contribution in [2.24, 2.45) is 5.92 Å². The van der Waals surface area contributed by atoms with Crippen LogP contribution < -0.4 is 5.32 Å². The van der Waals surface area contributed by atoms with Gasteiger partial charge < -0.3 is 15.0 Å². The lowest BCUT2D eigenvalue weighted by atomic mass is 9.84. The second-order valence-electron chi connectivity index (χ2n) is 6.75. The highest BCUT2D eigenvalue weighted by Gasteiger charge is 2.38. The van der Waals surface area contributed by atoms with E-state index < -0.39 is 0 Å². The number of carbonyl (C=O) groups excluding carboxylic acids is 2. The van der Waals surface area contributed by atoms with Crippen LogP contribution >= 0.6 is 0 Å². The van der Waals surface area contributed by atoms with Gasteiger partial charge in [-0.05, 0) is 12.0 Å². The van der Waals surface area contributed by atoms with Crippen molar-refractivity contribution in [2.75, 3.05) is 46.4 Å². The van der Waals surface area contributed by atoms with E-state index in [4.69, 9.17) is 4.74 Å². The lowest BCUT2D eigenvalue weighted by Crippen LogP contribution is -2.48. The summed E-state index contributed by atoms with van der Waals surface area (Å²) >= 11 is 0. The van der Waals surface area contributed by atoms with Crippen LogP contribution in [0.25, 0.3) is 0 Å². The number of hydrogen-bond acceptors (Lipinski definition) is 4. The lowest BCUT2D eigenvalue weighted by Gasteiger charge is -2.38. The minimum atomic E-state index is -0.199. The van der Waals surface area contributed by atoms with Crippen LogP contribution in [0.3, 0.4) is 0 Å². The molecule has 6 heteroatoms. The molecule has 2 aliphatic heterocycles. The van der Waals surface area contributed by atoms with Crippen molar-refractivity contribution < 1.29 is 14.3 Å². The molecule has 1 aromatic carbocycles. The van der Waals surface area contributed by atoms with Crippen LogP contribution in [-0.4, -0.2) is 68.1 Å². The average Bonchev–Trinajstić information content (AvgIpc) is 2.65. The molecule has 0 radical (unpaired) electrons. The number of nitrogens with zero attached hydrogens (tertiary/aromatic N) is 2. The van der Waals surface area contributed by atoms with Gasteiger partial charge in [-0.25, -0.2) is 0 Å². The molecule has 0 spiro atoms. The van der Waals surface area contributed by atoms with E-state index in [1.54, 1.807) is 11.9 Å². The monoisotopic (exact) mass is 345 g/mol. The lowest BCUT2D eigenvalue weighted by molar-refractivity contribution is -0.141. The van der Waals surface area contributed by atoms with Crippen LogP contribution in [0.15, 0.2) is 30.3 Å². The average molecular weight is 345 g/mol. The van der Waals surface area contributed by atoms with Gasteiger partial charge in [-0.15, -0.1) is 0 Å². The van der Waals surface area contributed by atoms with Gasteiger partial charge in [0.2, 0.25) is 11.8 Å². The maximum absolute atomic E-state index is 12.8. The fraction of sp³-hybridized carbons (Fsp3) is 0.579. The summed E-state index contributed by atoms with van der Waals surface area (Å²) in [6, 6.07) is 9.66. The molecule has 25 heavy (non-hydrogen) atoms. The minimum Gasteiger partial charge on any atom is -0.379 e. The first kappa shape index (κ1) is 17.9. The summed E-state index contributed by atoms with van der Waals surface area (Å²) in [7, 11) is 1.80. The van der Waals surface area contributed by atoms with Gasteiger partial charge in [-0.2, -0.15) is 0 Å². The van der Waals surface area contributed by atoms with E-state index in [1.807, 2.05) is 30.3 Å². The number of rotatable bonds is 5. The van der Waals surface area contributed by atoms with Crippen LogP contribution in [0.4, 0.5) is 0 Å². The Bertz CT molecular complexity index is 587. The largest absolute Gasteiger partial charge is 0.379 e. The van der Waals surface area contributed by atoms with Gasteiger partial charge in [-0.1, -0.05) is 30.3 Å². The number of likely N-dealkylation sites (tertiary alicyclic amines) is 1. The smallest absolute Gasteiger partial charge is 0.225 e. The Labute approximate surface area is 149 Å². The maximum Gasteiger partial charge on any atom is 0.225 e.